The van der Waals surface area contributed by atoms with Crippen LogP contribution in [0.3, 0.4) is 0 Å². The van der Waals surface area contributed by atoms with Crippen molar-refractivity contribution in [2.24, 2.45) is 0 Å². The topological polar surface area (TPSA) is 74.6 Å². The number of hydrogen-bond acceptors (Lipinski definition) is 2. The molecule has 0 unspecified atom stereocenters. The number of aliphatic carboxylic acids is 2. The molecule has 0 aliphatic heterocycles. The molecule has 2 N–H and O–H groups in total. The minimum Gasteiger partial charge on any atom is -0.168 e. The minimum atomic E-state index is -1.20. The van der Waals surface area contributed by atoms with Crippen molar-refractivity contribution in [3.05, 3.63) is 282 Å². The van der Waals surface area contributed by atoms with Gasteiger partial charge in [-0.3, -0.25) is 15.7 Å². The minimum absolute atomic E-state index is 0.750. The summed E-state index contributed by atoms with van der Waals surface area (Å²) in [6.45, 7) is 0. The number of rotatable bonds is 8. The van der Waals surface area contributed by atoms with Gasteiger partial charge in [0, 0.05) is 0 Å². The largest absolute Gasteiger partial charge is 0.168 e. The Bertz CT molecular complexity index is 2160. The van der Waals surface area contributed by atoms with E-state index in [9.17, 15) is 19.8 Å². The van der Waals surface area contributed by atoms with Crippen LogP contribution in [0.4, 0.5) is 0 Å². The van der Waals surface area contributed by atoms with Crippen LogP contribution in [0.2, 0.25) is 0 Å². The van der Waals surface area contributed by atoms with Gasteiger partial charge in [0.15, 0.2) is 0 Å². The molecule has 0 aromatic heterocycles. The molecule has 4 nitrogen and oxygen atoms in total. The third kappa shape index (κ3) is 10.4. The second kappa shape index (κ2) is 22.9. The molecule has 0 amide bonds. The van der Waals surface area contributed by atoms with Gasteiger partial charge in [0.1, 0.15) is 10.8 Å². The van der Waals surface area contributed by atoms with Crippen LogP contribution in [0, 0.1) is 6.08 Å². The van der Waals surface area contributed by atoms with Gasteiger partial charge < -0.3 is 10.2 Å². The van der Waals surface area contributed by atoms with E-state index < -0.39 is 22.8 Å². The summed E-state index contributed by atoms with van der Waals surface area (Å²) in [6, 6.07) is 71.0. The third-order valence-corrected chi connectivity index (χ3v) is 10.0. The monoisotopic (exact) mass is 818 g/mol. The van der Waals surface area contributed by atoms with Crippen LogP contribution in [0.5, 0.6) is 0 Å². The first-order valence-corrected chi connectivity index (χ1v) is 20.6. The standard InChI is InChI=1S/2C20H16O2.C9H7.C5H5.CH2.Ti/c2*21-19(22)20(16-10-4-1-5-11-16,17-12-6-2-7-13-17)18-14-8-3-9-15-18;1-2-5-9-7-3-6-8(9)4-1;1-2-4-5-3-1;;/h2*1-15H,(H,21,22);1-7H;1-3H,4H2;1H2;/q;;2*-1;;+2. The SMILES string of the molecule is O=C(O)C(c1ccccc1)(c1ccccc1)c1ccccc1.O=C(O)C(c1ccccc1)(c1ccccc1)c1ccccc1.[C-]1=CC=CC1.[CH2]=[Ti+2].c1ccc2[cH-]ccc2c1. The molecular formula is C55H46O4Ti. The summed E-state index contributed by atoms with van der Waals surface area (Å²) < 4.78 is 0. The maximum absolute atomic E-state index is 12.4. The van der Waals surface area contributed by atoms with Gasteiger partial charge in [0.2, 0.25) is 0 Å². The maximum Gasteiger partial charge on any atom is -0.0809 e. The Morgan fingerprint density at radius 3 is 1.00 bits per heavy atom. The van der Waals surface area contributed by atoms with Crippen LogP contribution in [0.25, 0.3) is 10.8 Å². The van der Waals surface area contributed by atoms with E-state index >= 15 is 0 Å². The van der Waals surface area contributed by atoms with Gasteiger partial charge in [0.05, 0.1) is 0 Å². The second-order valence-electron chi connectivity index (χ2n) is 13.5. The summed E-state index contributed by atoms with van der Waals surface area (Å²) in [7, 11) is 0. The molecule has 0 bridgehead atoms. The molecule has 0 fully saturated rings. The zero-order valence-electron chi connectivity index (χ0n) is 33.2. The van der Waals surface area contributed by atoms with Crippen molar-refractivity contribution in [1.29, 1.82) is 0 Å². The predicted molar refractivity (Wildman–Crippen MR) is 242 cm³/mol. The Labute approximate surface area is 364 Å². The third-order valence-electron chi connectivity index (χ3n) is 10.0. The van der Waals surface area contributed by atoms with Gasteiger partial charge in [-0.1, -0.05) is 188 Å². The normalized spacial score (nSPS) is 11.2. The van der Waals surface area contributed by atoms with E-state index in [4.69, 9.17) is 0 Å². The van der Waals surface area contributed by atoms with Gasteiger partial charge in [-0.15, -0.1) is 36.1 Å². The Hall–Kier alpha value is -6.85. The average Bonchev–Trinajstić information content (AvgIpc) is 4.07. The fourth-order valence-electron chi connectivity index (χ4n) is 7.28. The molecule has 5 heteroatoms. The van der Waals surface area contributed by atoms with Crippen molar-refractivity contribution in [2.45, 2.75) is 17.3 Å². The average molecular weight is 819 g/mol. The number of allylic oxidation sites excluding steroid dienone is 4. The van der Waals surface area contributed by atoms with E-state index in [2.05, 4.69) is 59.4 Å². The summed E-state index contributed by atoms with van der Waals surface area (Å²) in [6.07, 6.45) is 10.0. The summed E-state index contributed by atoms with van der Waals surface area (Å²) in [5, 5.41) is 23.0. The van der Waals surface area contributed by atoms with Crippen molar-refractivity contribution >= 4 is 27.5 Å². The van der Waals surface area contributed by atoms with Gasteiger partial charge >= 0.3 is 36.7 Å². The number of carboxylic acids is 2. The van der Waals surface area contributed by atoms with Gasteiger partial charge in [-0.2, -0.15) is 23.6 Å². The molecule has 0 atom stereocenters. The predicted octanol–water partition coefficient (Wildman–Crippen LogP) is 12.0. The van der Waals surface area contributed by atoms with Crippen LogP contribution < -0.4 is 0 Å². The van der Waals surface area contributed by atoms with E-state index in [0.29, 0.717) is 0 Å². The molecule has 0 heterocycles. The van der Waals surface area contributed by atoms with E-state index in [1.165, 1.54) is 10.8 Å². The molecule has 60 heavy (non-hydrogen) atoms. The van der Waals surface area contributed by atoms with Crippen molar-refractivity contribution in [3.63, 3.8) is 0 Å². The Morgan fingerprint density at radius 2 is 0.767 bits per heavy atom. The van der Waals surface area contributed by atoms with Crippen LogP contribution in [-0.2, 0) is 40.4 Å². The number of benzene rings is 7. The molecule has 294 valence electrons. The molecule has 1 aliphatic rings. The first-order chi connectivity index (χ1) is 29.5. The van der Waals surface area contributed by atoms with Crippen molar-refractivity contribution in [1.82, 2.24) is 0 Å². The molecule has 1 aliphatic carbocycles. The summed E-state index contributed by atoms with van der Waals surface area (Å²) in [5.74, 6) is -1.76. The van der Waals surface area contributed by atoms with Gasteiger partial charge in [-0.25, -0.2) is 12.2 Å². The van der Waals surface area contributed by atoms with Gasteiger partial charge in [0.25, 0.3) is 0 Å². The Balaban J connectivity index is 0.000000167. The van der Waals surface area contributed by atoms with E-state index in [1.54, 1.807) is 20.0 Å². The molecule has 0 saturated carbocycles. The summed E-state index contributed by atoms with van der Waals surface area (Å²) in [5.41, 5.74) is 2.09. The molecular weight excluding hydrogens is 772 g/mol. The van der Waals surface area contributed by atoms with Crippen LogP contribution in [0.15, 0.2) is 243 Å². The molecule has 8 aromatic rings. The molecule has 0 saturated heterocycles. The van der Waals surface area contributed by atoms with E-state index in [1.807, 2.05) is 194 Å². The number of carboxylic acid groups (broad SMARTS) is 2. The van der Waals surface area contributed by atoms with Gasteiger partial charge in [-0.05, 0) is 33.4 Å². The van der Waals surface area contributed by atoms with Crippen molar-refractivity contribution < 1.29 is 39.8 Å². The smallest absolute Gasteiger partial charge is 0.0809 e. The molecule has 9 rings (SSSR count). The fourth-order valence-corrected chi connectivity index (χ4v) is 7.28. The first-order valence-electron chi connectivity index (χ1n) is 19.5. The van der Waals surface area contributed by atoms with Crippen LogP contribution >= 0.6 is 0 Å². The van der Waals surface area contributed by atoms with Crippen molar-refractivity contribution in [2.75, 3.05) is 0 Å². The summed E-state index contributed by atoms with van der Waals surface area (Å²) >= 11 is 1.75. The maximum atomic E-state index is 12.4. The number of fused-ring (bicyclic) bond motifs is 1. The first kappa shape index (κ1) is 44.3. The second-order valence-corrected chi connectivity index (χ2v) is 13.5. The fraction of sp³-hybridized carbons (Fsp3) is 0.0545. The number of hydrogen-bond donors (Lipinski definition) is 2. The van der Waals surface area contributed by atoms with Crippen molar-refractivity contribution in [3.8, 4) is 0 Å². The zero-order chi connectivity index (χ0) is 42.5. The number of carbonyl (C=O) groups is 2. The molecule has 8 aromatic carbocycles. The quantitative estimate of drug-likeness (QED) is 0.0910. The Kier molecular flexibility index (Phi) is 16.9. The van der Waals surface area contributed by atoms with E-state index in [0.717, 1.165) is 39.8 Å². The zero-order valence-corrected chi connectivity index (χ0v) is 34.8. The van der Waals surface area contributed by atoms with Crippen LogP contribution in [-0.4, -0.2) is 27.0 Å². The molecule has 0 radical (unpaired) electrons. The Morgan fingerprint density at radius 1 is 0.467 bits per heavy atom. The van der Waals surface area contributed by atoms with E-state index in [-0.39, 0.29) is 0 Å². The van der Waals surface area contributed by atoms with Crippen LogP contribution in [0.1, 0.15) is 39.8 Å². The molecule has 0 spiro atoms. The summed E-state index contributed by atoms with van der Waals surface area (Å²) in [4.78, 5) is 28.1.